The van der Waals surface area contributed by atoms with Crippen molar-refractivity contribution in [2.45, 2.75) is 134 Å². The zero-order valence-electron chi connectivity index (χ0n) is 32.2. The fraction of sp³-hybridized carbons (Fsp3) is 0.590. The van der Waals surface area contributed by atoms with Crippen molar-refractivity contribution in [1.82, 2.24) is 9.97 Å². The Morgan fingerprint density at radius 1 is 0.891 bits per heavy atom. The number of aryl methyl sites for hydroxylation is 1. The monoisotopic (exact) mass is 640 g/mol. The largest absolute Gasteiger partial charge is 0.481 e. The first kappa shape index (κ1) is 42.5. The van der Waals surface area contributed by atoms with Crippen LogP contribution in [0.25, 0.3) is 5.57 Å². The Hall–Kier alpha value is -3.48. The van der Waals surface area contributed by atoms with Gasteiger partial charge in [-0.1, -0.05) is 88.3 Å². The Balaban J connectivity index is 0.000000895. The van der Waals surface area contributed by atoms with E-state index in [-0.39, 0.29) is 11.4 Å². The van der Waals surface area contributed by atoms with Crippen LogP contribution < -0.4 is 18.9 Å². The third kappa shape index (κ3) is 10.8. The number of furan rings is 1. The molecule has 46 heavy (non-hydrogen) atoms. The fourth-order valence-corrected chi connectivity index (χ4v) is 5.56. The number of methoxy groups -OCH3 is 3. The molecule has 3 aromatic rings. The van der Waals surface area contributed by atoms with Crippen LogP contribution in [0.3, 0.4) is 0 Å². The second-order valence-corrected chi connectivity index (χ2v) is 11.0. The average molecular weight is 641 g/mol. The minimum atomic E-state index is 0.186. The Labute approximate surface area is 281 Å². The van der Waals surface area contributed by atoms with E-state index in [4.69, 9.17) is 23.4 Å². The first-order valence-corrected chi connectivity index (χ1v) is 17.1. The number of aromatic nitrogens is 2. The van der Waals surface area contributed by atoms with Crippen molar-refractivity contribution < 1.29 is 23.4 Å². The van der Waals surface area contributed by atoms with Gasteiger partial charge in [0.15, 0.2) is 0 Å². The topological polar surface area (TPSA) is 75.8 Å². The molecule has 0 fully saturated rings. The highest BCUT2D eigenvalue weighted by Crippen LogP contribution is 2.48. The van der Waals surface area contributed by atoms with Crippen molar-refractivity contribution in [1.29, 1.82) is 0 Å². The fourth-order valence-electron chi connectivity index (χ4n) is 5.56. The second kappa shape index (κ2) is 21.3. The molecule has 1 aromatic carbocycles. The molecule has 2 heterocycles. The van der Waals surface area contributed by atoms with Gasteiger partial charge in [0.1, 0.15) is 11.5 Å². The highest BCUT2D eigenvalue weighted by atomic mass is 16.6. The Morgan fingerprint density at radius 3 is 1.93 bits per heavy atom. The highest BCUT2D eigenvalue weighted by molar-refractivity contribution is 5.61. The molecule has 0 spiro atoms. The second-order valence-electron chi connectivity index (χ2n) is 11.0. The summed E-state index contributed by atoms with van der Waals surface area (Å²) in [7, 11) is 4.56. The number of fused-ring (bicyclic) bond motifs is 1. The van der Waals surface area contributed by atoms with Crippen LogP contribution in [0.15, 0.2) is 28.7 Å². The van der Waals surface area contributed by atoms with Gasteiger partial charge in [0.2, 0.25) is 11.8 Å². The van der Waals surface area contributed by atoms with Crippen LogP contribution in [0.2, 0.25) is 0 Å². The molecule has 260 valence electrons. The minimum Gasteiger partial charge on any atom is -0.481 e. The van der Waals surface area contributed by atoms with E-state index in [0.29, 0.717) is 23.6 Å². The SMILES string of the molecule is CC.CC.CC.CCC=C(CC)c1ccc(Oc2c(C)cc3c(c2C)C(C)(C)CCC3C)o1.COc1nc(OC)c(C)c(OC)n1. The van der Waals surface area contributed by atoms with E-state index in [1.165, 1.54) is 62.0 Å². The van der Waals surface area contributed by atoms with Crippen LogP contribution in [0.4, 0.5) is 0 Å². The van der Waals surface area contributed by atoms with Crippen LogP contribution in [0.1, 0.15) is 141 Å². The molecule has 0 bridgehead atoms. The highest BCUT2D eigenvalue weighted by Gasteiger charge is 2.34. The van der Waals surface area contributed by atoms with E-state index in [9.17, 15) is 0 Å². The maximum atomic E-state index is 6.29. The molecule has 0 saturated carbocycles. The molecule has 1 atom stereocenters. The summed E-state index contributed by atoms with van der Waals surface area (Å²) in [5.41, 5.74) is 7.59. The molecule has 0 aliphatic heterocycles. The lowest BCUT2D eigenvalue weighted by atomic mass is 9.67. The van der Waals surface area contributed by atoms with E-state index >= 15 is 0 Å². The normalized spacial score (nSPS) is 14.3. The number of ether oxygens (including phenoxy) is 4. The molecule has 7 heteroatoms. The average Bonchev–Trinajstić information content (AvgIpc) is 3.55. The van der Waals surface area contributed by atoms with Gasteiger partial charge in [0, 0.05) is 6.07 Å². The number of rotatable bonds is 8. The summed E-state index contributed by atoms with van der Waals surface area (Å²) < 4.78 is 27.2. The van der Waals surface area contributed by atoms with Gasteiger partial charge in [-0.2, -0.15) is 9.97 Å². The summed E-state index contributed by atoms with van der Waals surface area (Å²) in [5, 5.41) is 0. The summed E-state index contributed by atoms with van der Waals surface area (Å²) in [6.07, 6.45) is 6.67. The molecule has 0 amide bonds. The summed E-state index contributed by atoms with van der Waals surface area (Å²) in [5.74, 6) is 3.98. The summed E-state index contributed by atoms with van der Waals surface area (Å²) in [6.45, 7) is 29.5. The molecule has 2 aromatic heterocycles. The van der Waals surface area contributed by atoms with Crippen LogP contribution in [-0.4, -0.2) is 31.3 Å². The van der Waals surface area contributed by atoms with E-state index in [1.54, 1.807) is 0 Å². The molecule has 4 rings (SSSR count). The Bertz CT molecular complexity index is 1320. The summed E-state index contributed by atoms with van der Waals surface area (Å²) >= 11 is 0. The Kier molecular flexibility index (Phi) is 19.7. The van der Waals surface area contributed by atoms with Gasteiger partial charge >= 0.3 is 6.01 Å². The molecular formula is C39H64N2O5. The quantitative estimate of drug-likeness (QED) is 0.242. The number of hydrogen-bond acceptors (Lipinski definition) is 7. The predicted molar refractivity (Wildman–Crippen MR) is 194 cm³/mol. The molecule has 1 aliphatic rings. The number of allylic oxidation sites excluding steroid dienone is 2. The zero-order valence-corrected chi connectivity index (χ0v) is 32.2. The van der Waals surface area contributed by atoms with Gasteiger partial charge in [0.25, 0.3) is 5.95 Å². The van der Waals surface area contributed by atoms with Crippen molar-refractivity contribution in [2.75, 3.05) is 21.3 Å². The van der Waals surface area contributed by atoms with Crippen molar-refractivity contribution >= 4 is 5.57 Å². The number of hydrogen-bond donors (Lipinski definition) is 0. The third-order valence-electron chi connectivity index (χ3n) is 7.68. The molecule has 0 saturated heterocycles. The molecule has 7 nitrogen and oxygen atoms in total. The van der Waals surface area contributed by atoms with Gasteiger partial charge in [-0.25, -0.2) is 0 Å². The minimum absolute atomic E-state index is 0.186. The third-order valence-corrected chi connectivity index (χ3v) is 7.68. The number of nitrogens with zero attached hydrogens (tertiary/aromatic N) is 2. The lowest BCUT2D eigenvalue weighted by Crippen LogP contribution is -2.27. The van der Waals surface area contributed by atoms with Crippen molar-refractivity contribution in [3.63, 3.8) is 0 Å². The van der Waals surface area contributed by atoms with Gasteiger partial charge in [-0.15, -0.1) is 0 Å². The molecule has 0 N–H and O–H groups in total. The summed E-state index contributed by atoms with van der Waals surface area (Å²) in [6, 6.07) is 6.54. The van der Waals surface area contributed by atoms with E-state index in [2.05, 4.69) is 70.6 Å². The van der Waals surface area contributed by atoms with E-state index in [1.807, 2.05) is 60.6 Å². The van der Waals surface area contributed by atoms with E-state index in [0.717, 1.165) is 29.9 Å². The van der Waals surface area contributed by atoms with Gasteiger partial charge in [0.05, 0.1) is 26.9 Å². The van der Waals surface area contributed by atoms with Crippen molar-refractivity contribution in [3.8, 4) is 29.5 Å². The van der Waals surface area contributed by atoms with Crippen LogP contribution in [0.5, 0.6) is 29.5 Å². The first-order chi connectivity index (χ1) is 22.0. The smallest absolute Gasteiger partial charge is 0.322 e. The maximum absolute atomic E-state index is 6.29. The zero-order chi connectivity index (χ0) is 35.6. The lowest BCUT2D eigenvalue weighted by Gasteiger charge is -2.38. The first-order valence-electron chi connectivity index (χ1n) is 17.1. The van der Waals surface area contributed by atoms with Gasteiger partial charge in [-0.3, -0.25) is 0 Å². The van der Waals surface area contributed by atoms with Gasteiger partial charge < -0.3 is 23.4 Å². The molecule has 1 unspecified atom stereocenters. The maximum Gasteiger partial charge on any atom is 0.322 e. The van der Waals surface area contributed by atoms with E-state index < -0.39 is 0 Å². The van der Waals surface area contributed by atoms with Crippen LogP contribution in [-0.2, 0) is 5.41 Å². The molecular weight excluding hydrogens is 576 g/mol. The summed E-state index contributed by atoms with van der Waals surface area (Å²) in [4.78, 5) is 7.96. The lowest BCUT2D eigenvalue weighted by molar-refractivity contribution is 0.325. The standard InChI is InChI=1S/C25H34O2.C8H12N2O3.3C2H6/c1-8-10-19(9-2)21-11-12-22(26-21)27-24-17(4)15-20-16(3)13-14-25(6,7)23(20)18(24)5;1-5-6(11-2)9-8(13-4)10-7(5)12-3;3*1-2/h10-12,15-16H,8-9,13-14H2,1-7H3;1-4H3;3*1-2H3. The van der Waals surface area contributed by atoms with Gasteiger partial charge in [-0.05, 0) is 91.7 Å². The van der Waals surface area contributed by atoms with Crippen molar-refractivity contribution in [3.05, 3.63) is 57.9 Å². The van der Waals surface area contributed by atoms with Crippen LogP contribution >= 0.6 is 0 Å². The molecule has 0 radical (unpaired) electrons. The Morgan fingerprint density at radius 2 is 1.46 bits per heavy atom. The van der Waals surface area contributed by atoms with Crippen molar-refractivity contribution in [2.24, 2.45) is 0 Å². The molecule has 1 aliphatic carbocycles. The predicted octanol–water partition coefficient (Wildman–Crippen LogP) is 12.0. The number of benzene rings is 1. The van der Waals surface area contributed by atoms with Crippen LogP contribution in [0, 0.1) is 20.8 Å².